The van der Waals surface area contributed by atoms with Crippen molar-refractivity contribution in [1.29, 1.82) is 0 Å². The standard InChI is InChI=1S/C19H28N2O/c1-14-13-21(19(22)16-8-5-9-17(20)12-16)11-10-18(14)15-6-3-2-4-7-15/h2-4,6-7,14,16-18H,5,8-13,20H2,1H3. The third-order valence-corrected chi connectivity index (χ3v) is 5.51. The molecule has 1 amide bonds. The van der Waals surface area contributed by atoms with Crippen molar-refractivity contribution in [2.45, 2.75) is 51.0 Å². The Hall–Kier alpha value is -1.35. The number of rotatable bonds is 2. The molecule has 2 N–H and O–H groups in total. The molecule has 2 fully saturated rings. The van der Waals surface area contributed by atoms with Gasteiger partial charge in [-0.3, -0.25) is 4.79 Å². The summed E-state index contributed by atoms with van der Waals surface area (Å²) in [5.74, 6) is 1.63. The number of nitrogens with zero attached hydrogens (tertiary/aromatic N) is 1. The molecule has 1 heterocycles. The highest BCUT2D eigenvalue weighted by Crippen LogP contribution is 2.34. The molecule has 1 aliphatic carbocycles. The normalized spacial score (nSPS) is 32.7. The minimum atomic E-state index is 0.171. The van der Waals surface area contributed by atoms with E-state index in [1.807, 2.05) is 0 Å². The van der Waals surface area contributed by atoms with Crippen molar-refractivity contribution in [3.63, 3.8) is 0 Å². The third-order valence-electron chi connectivity index (χ3n) is 5.51. The smallest absolute Gasteiger partial charge is 0.225 e. The Morgan fingerprint density at radius 3 is 2.64 bits per heavy atom. The molecule has 1 aliphatic heterocycles. The van der Waals surface area contributed by atoms with Crippen molar-refractivity contribution >= 4 is 5.91 Å². The van der Waals surface area contributed by atoms with E-state index in [9.17, 15) is 4.79 Å². The summed E-state index contributed by atoms with van der Waals surface area (Å²) < 4.78 is 0. The molecule has 0 aromatic heterocycles. The zero-order valence-corrected chi connectivity index (χ0v) is 13.6. The Bertz CT molecular complexity index is 501. The zero-order valence-electron chi connectivity index (χ0n) is 13.6. The van der Waals surface area contributed by atoms with Gasteiger partial charge in [-0.1, -0.05) is 43.7 Å². The second kappa shape index (κ2) is 6.82. The molecule has 0 spiro atoms. The van der Waals surface area contributed by atoms with E-state index >= 15 is 0 Å². The number of carbonyl (C=O) groups excluding carboxylic acids is 1. The van der Waals surface area contributed by atoms with Crippen LogP contribution in [-0.4, -0.2) is 29.9 Å². The van der Waals surface area contributed by atoms with E-state index in [1.54, 1.807) is 0 Å². The first-order valence-corrected chi connectivity index (χ1v) is 8.74. The predicted molar refractivity (Wildman–Crippen MR) is 89.5 cm³/mol. The van der Waals surface area contributed by atoms with Crippen LogP contribution in [0, 0.1) is 11.8 Å². The van der Waals surface area contributed by atoms with Crippen LogP contribution in [0.1, 0.15) is 50.5 Å². The Balaban J connectivity index is 1.61. The highest BCUT2D eigenvalue weighted by atomic mass is 16.2. The lowest BCUT2D eigenvalue weighted by Crippen LogP contribution is -2.46. The van der Waals surface area contributed by atoms with Crippen LogP contribution >= 0.6 is 0 Å². The van der Waals surface area contributed by atoms with E-state index in [4.69, 9.17) is 5.73 Å². The number of nitrogens with two attached hydrogens (primary N) is 1. The second-order valence-electron chi connectivity index (χ2n) is 7.19. The molecule has 3 heteroatoms. The van der Waals surface area contributed by atoms with Gasteiger partial charge >= 0.3 is 0 Å². The summed E-state index contributed by atoms with van der Waals surface area (Å²) in [6, 6.07) is 11.0. The molecule has 1 aromatic carbocycles. The molecule has 1 aromatic rings. The monoisotopic (exact) mass is 300 g/mol. The van der Waals surface area contributed by atoms with Gasteiger partial charge in [-0.15, -0.1) is 0 Å². The summed E-state index contributed by atoms with van der Waals surface area (Å²) in [6.45, 7) is 4.07. The van der Waals surface area contributed by atoms with E-state index < -0.39 is 0 Å². The molecule has 0 radical (unpaired) electrons. The molecule has 2 aliphatic rings. The number of likely N-dealkylation sites (tertiary alicyclic amines) is 1. The first-order valence-electron chi connectivity index (χ1n) is 8.74. The molecule has 3 rings (SSSR count). The third kappa shape index (κ3) is 3.35. The summed E-state index contributed by atoms with van der Waals surface area (Å²) in [4.78, 5) is 14.9. The van der Waals surface area contributed by atoms with Crippen molar-refractivity contribution in [2.24, 2.45) is 17.6 Å². The SMILES string of the molecule is CC1CN(C(=O)C2CCCC(N)C2)CCC1c1ccccc1. The molecular formula is C19H28N2O. The fraction of sp³-hybridized carbons (Fsp3) is 0.632. The van der Waals surface area contributed by atoms with Crippen molar-refractivity contribution < 1.29 is 4.79 Å². The summed E-state index contributed by atoms with van der Waals surface area (Å²) in [7, 11) is 0. The van der Waals surface area contributed by atoms with Gasteiger partial charge in [0.15, 0.2) is 0 Å². The van der Waals surface area contributed by atoms with Crippen LogP contribution in [0.25, 0.3) is 0 Å². The Labute approximate surface area is 133 Å². The lowest BCUT2D eigenvalue weighted by molar-refractivity contribution is -0.138. The van der Waals surface area contributed by atoms with Gasteiger partial charge in [0.2, 0.25) is 5.91 Å². The number of hydrogen-bond donors (Lipinski definition) is 1. The van der Waals surface area contributed by atoms with Gasteiger partial charge in [0.1, 0.15) is 0 Å². The first-order chi connectivity index (χ1) is 10.6. The van der Waals surface area contributed by atoms with Gasteiger partial charge in [-0.25, -0.2) is 0 Å². The van der Waals surface area contributed by atoms with Crippen LogP contribution in [0.2, 0.25) is 0 Å². The maximum atomic E-state index is 12.8. The predicted octanol–water partition coefficient (Wildman–Crippen LogP) is 3.16. The van der Waals surface area contributed by atoms with Crippen LogP contribution in [-0.2, 0) is 4.79 Å². The van der Waals surface area contributed by atoms with E-state index in [2.05, 4.69) is 42.2 Å². The van der Waals surface area contributed by atoms with E-state index in [1.165, 1.54) is 5.56 Å². The Morgan fingerprint density at radius 2 is 1.95 bits per heavy atom. The summed E-state index contributed by atoms with van der Waals surface area (Å²) in [5, 5.41) is 0. The lowest BCUT2D eigenvalue weighted by Gasteiger charge is -2.39. The van der Waals surface area contributed by atoms with Crippen LogP contribution in [0.15, 0.2) is 30.3 Å². The largest absolute Gasteiger partial charge is 0.342 e. The fourth-order valence-corrected chi connectivity index (χ4v) is 4.25. The van der Waals surface area contributed by atoms with Crippen LogP contribution < -0.4 is 5.73 Å². The minimum Gasteiger partial charge on any atom is -0.342 e. The summed E-state index contributed by atoms with van der Waals surface area (Å²) in [5.41, 5.74) is 7.47. The zero-order chi connectivity index (χ0) is 15.5. The molecule has 120 valence electrons. The molecular weight excluding hydrogens is 272 g/mol. The summed E-state index contributed by atoms with van der Waals surface area (Å²) >= 11 is 0. The molecule has 1 saturated heterocycles. The first kappa shape index (κ1) is 15.5. The highest BCUT2D eigenvalue weighted by molar-refractivity contribution is 5.79. The number of carbonyl (C=O) groups is 1. The Kier molecular flexibility index (Phi) is 4.82. The van der Waals surface area contributed by atoms with Crippen LogP contribution in [0.3, 0.4) is 0 Å². The number of piperidine rings is 1. The fourth-order valence-electron chi connectivity index (χ4n) is 4.25. The topological polar surface area (TPSA) is 46.3 Å². The number of hydrogen-bond acceptors (Lipinski definition) is 2. The Morgan fingerprint density at radius 1 is 1.18 bits per heavy atom. The van der Waals surface area contributed by atoms with Gasteiger partial charge in [0, 0.05) is 25.0 Å². The molecule has 4 unspecified atom stereocenters. The maximum absolute atomic E-state index is 12.8. The van der Waals surface area contributed by atoms with Crippen LogP contribution in [0.5, 0.6) is 0 Å². The highest BCUT2D eigenvalue weighted by Gasteiger charge is 2.34. The molecule has 4 atom stereocenters. The van der Waals surface area contributed by atoms with Crippen LogP contribution in [0.4, 0.5) is 0 Å². The van der Waals surface area contributed by atoms with Gasteiger partial charge in [-0.05, 0) is 43.1 Å². The average Bonchev–Trinajstić information content (AvgIpc) is 2.55. The maximum Gasteiger partial charge on any atom is 0.225 e. The second-order valence-corrected chi connectivity index (χ2v) is 7.19. The number of amides is 1. The van der Waals surface area contributed by atoms with E-state index in [0.29, 0.717) is 17.7 Å². The lowest BCUT2D eigenvalue weighted by atomic mass is 9.80. The summed E-state index contributed by atoms with van der Waals surface area (Å²) in [6.07, 6.45) is 5.17. The van der Waals surface area contributed by atoms with E-state index in [0.717, 1.165) is 45.2 Å². The van der Waals surface area contributed by atoms with Crippen molar-refractivity contribution in [1.82, 2.24) is 4.90 Å². The quantitative estimate of drug-likeness (QED) is 0.912. The molecule has 3 nitrogen and oxygen atoms in total. The van der Waals surface area contributed by atoms with Gasteiger partial charge in [0.25, 0.3) is 0 Å². The molecule has 0 bridgehead atoms. The molecule has 1 saturated carbocycles. The average molecular weight is 300 g/mol. The van der Waals surface area contributed by atoms with Crippen molar-refractivity contribution in [3.8, 4) is 0 Å². The van der Waals surface area contributed by atoms with Gasteiger partial charge in [-0.2, -0.15) is 0 Å². The van der Waals surface area contributed by atoms with Crippen molar-refractivity contribution in [2.75, 3.05) is 13.1 Å². The number of benzene rings is 1. The van der Waals surface area contributed by atoms with Gasteiger partial charge < -0.3 is 10.6 Å². The van der Waals surface area contributed by atoms with Gasteiger partial charge in [0.05, 0.1) is 0 Å². The molecule has 22 heavy (non-hydrogen) atoms. The van der Waals surface area contributed by atoms with E-state index in [-0.39, 0.29) is 12.0 Å². The minimum absolute atomic E-state index is 0.171. The van der Waals surface area contributed by atoms with Crippen molar-refractivity contribution in [3.05, 3.63) is 35.9 Å².